The summed E-state index contributed by atoms with van der Waals surface area (Å²) >= 11 is 0. The highest BCUT2D eigenvalue weighted by Crippen LogP contribution is 2.57. The van der Waals surface area contributed by atoms with Gasteiger partial charge < -0.3 is 14.9 Å². The fourth-order valence-corrected chi connectivity index (χ4v) is 3.10. The Morgan fingerprint density at radius 2 is 2.05 bits per heavy atom. The lowest BCUT2D eigenvalue weighted by Gasteiger charge is -2.33. The molecule has 0 amide bonds. The first kappa shape index (κ1) is 10.5. The first-order valence-corrected chi connectivity index (χ1v) is 6.21. The number of phenols is 1. The van der Waals surface area contributed by atoms with Gasteiger partial charge in [0.25, 0.3) is 0 Å². The maximum absolute atomic E-state index is 9.97. The van der Waals surface area contributed by atoms with Gasteiger partial charge in [0.2, 0.25) is 0 Å². The quantitative estimate of drug-likeness (QED) is 0.743. The molecule has 1 heterocycles. The van der Waals surface area contributed by atoms with Gasteiger partial charge >= 0.3 is 0 Å². The van der Waals surface area contributed by atoms with Gasteiger partial charge in [-0.15, -0.1) is 0 Å². The minimum atomic E-state index is -0.417. The number of aromatic hydroxyl groups is 1. The molecule has 2 N–H and O–H groups in total. The van der Waals surface area contributed by atoms with Crippen molar-refractivity contribution in [2.24, 2.45) is 5.41 Å². The fourth-order valence-electron chi connectivity index (χ4n) is 3.10. The summed E-state index contributed by atoms with van der Waals surface area (Å²) in [7, 11) is 0. The molecule has 3 heteroatoms. The second-order valence-electron chi connectivity index (χ2n) is 5.01. The minimum Gasteiger partial charge on any atom is -0.507 e. The van der Waals surface area contributed by atoms with Crippen molar-refractivity contribution in [3.8, 4) is 5.75 Å². The van der Waals surface area contributed by atoms with Crippen LogP contribution in [0.15, 0.2) is 54.2 Å². The Hall–Kier alpha value is -2.42. The molecule has 1 atom stereocenters. The molecule has 0 bridgehead atoms. The predicted molar refractivity (Wildman–Crippen MR) is 72.0 cm³/mol. The van der Waals surface area contributed by atoms with E-state index < -0.39 is 5.41 Å². The van der Waals surface area contributed by atoms with Gasteiger partial charge in [-0.1, -0.05) is 30.4 Å². The smallest absolute Gasteiger partial charge is 0.159 e. The molecular weight excluding hydrogens is 240 g/mol. The van der Waals surface area contributed by atoms with Crippen LogP contribution in [0.5, 0.6) is 5.75 Å². The molecule has 3 nitrogen and oxygen atoms in total. The minimum absolute atomic E-state index is 0.172. The van der Waals surface area contributed by atoms with Crippen LogP contribution in [-0.4, -0.2) is 10.2 Å². The van der Waals surface area contributed by atoms with Crippen molar-refractivity contribution in [1.82, 2.24) is 0 Å². The molecule has 1 spiro atoms. The van der Waals surface area contributed by atoms with Crippen molar-refractivity contribution < 1.29 is 14.9 Å². The number of aliphatic hydroxyl groups excluding tert-OH is 1. The third kappa shape index (κ3) is 1.17. The van der Waals surface area contributed by atoms with Crippen molar-refractivity contribution in [3.05, 3.63) is 65.3 Å². The van der Waals surface area contributed by atoms with Gasteiger partial charge in [-0.05, 0) is 24.1 Å². The Bertz CT molecular complexity index is 707. The molecule has 0 fully saturated rings. The predicted octanol–water partition coefficient (Wildman–Crippen LogP) is 3.51. The second-order valence-corrected chi connectivity index (χ2v) is 5.01. The monoisotopic (exact) mass is 252 g/mol. The topological polar surface area (TPSA) is 49.7 Å². The van der Waals surface area contributed by atoms with Crippen molar-refractivity contribution in [2.45, 2.75) is 6.42 Å². The lowest BCUT2D eigenvalue weighted by Crippen LogP contribution is -2.24. The van der Waals surface area contributed by atoms with Crippen LogP contribution in [0.3, 0.4) is 0 Å². The lowest BCUT2D eigenvalue weighted by atomic mass is 9.68. The van der Waals surface area contributed by atoms with Crippen LogP contribution in [0.2, 0.25) is 0 Å². The van der Waals surface area contributed by atoms with Crippen LogP contribution in [0.1, 0.15) is 17.5 Å². The van der Waals surface area contributed by atoms with Gasteiger partial charge in [0.15, 0.2) is 11.5 Å². The van der Waals surface area contributed by atoms with Crippen LogP contribution < -0.4 is 0 Å². The summed E-state index contributed by atoms with van der Waals surface area (Å²) in [5.74, 6) is 1.01. The highest BCUT2D eigenvalue weighted by Gasteiger charge is 2.47. The molecule has 1 aromatic carbocycles. The third-order valence-electron chi connectivity index (χ3n) is 4.04. The number of fused-ring (bicyclic) bond motifs is 2. The molecule has 1 aliphatic heterocycles. The normalized spacial score (nSPS) is 26.4. The maximum atomic E-state index is 9.97. The van der Waals surface area contributed by atoms with Crippen LogP contribution in [0.4, 0.5) is 0 Å². The van der Waals surface area contributed by atoms with Crippen molar-refractivity contribution in [1.29, 1.82) is 0 Å². The third-order valence-corrected chi connectivity index (χ3v) is 4.04. The van der Waals surface area contributed by atoms with Gasteiger partial charge in [-0.3, -0.25) is 0 Å². The van der Waals surface area contributed by atoms with Gasteiger partial charge in [0.1, 0.15) is 5.75 Å². The zero-order valence-corrected chi connectivity index (χ0v) is 10.1. The summed E-state index contributed by atoms with van der Waals surface area (Å²) in [6.45, 7) is 0. The van der Waals surface area contributed by atoms with E-state index >= 15 is 0 Å². The molecule has 19 heavy (non-hydrogen) atoms. The van der Waals surface area contributed by atoms with Crippen molar-refractivity contribution >= 4 is 11.6 Å². The zero-order valence-electron chi connectivity index (χ0n) is 10.1. The summed E-state index contributed by atoms with van der Waals surface area (Å²) in [6, 6.07) is 5.46. The van der Waals surface area contributed by atoms with E-state index in [1.807, 2.05) is 30.4 Å². The number of allylic oxidation sites excluding steroid dienone is 3. The zero-order chi connectivity index (χ0) is 13.0. The first-order chi connectivity index (χ1) is 9.22. The largest absolute Gasteiger partial charge is 0.507 e. The van der Waals surface area contributed by atoms with Gasteiger partial charge in [-0.2, -0.15) is 0 Å². The molecule has 1 aromatic rings. The van der Waals surface area contributed by atoms with E-state index in [1.165, 1.54) is 0 Å². The number of ether oxygens (including phenoxy) is 1. The number of phenolic OH excluding ortho intramolecular Hbond substituents is 1. The molecule has 3 aliphatic rings. The van der Waals surface area contributed by atoms with Gasteiger partial charge in [0, 0.05) is 11.1 Å². The van der Waals surface area contributed by atoms with E-state index in [-0.39, 0.29) is 11.5 Å². The highest BCUT2D eigenvalue weighted by molar-refractivity contribution is 5.88. The first-order valence-electron chi connectivity index (χ1n) is 6.21. The molecular formula is C16H12O3. The lowest BCUT2D eigenvalue weighted by molar-refractivity contribution is 0.268. The Kier molecular flexibility index (Phi) is 1.83. The molecule has 94 valence electrons. The Morgan fingerprint density at radius 3 is 2.95 bits per heavy atom. The Labute approximate surface area is 110 Å². The van der Waals surface area contributed by atoms with E-state index in [2.05, 4.69) is 0 Å². The summed E-state index contributed by atoms with van der Waals surface area (Å²) in [6.07, 6.45) is 9.96. The molecule has 0 saturated carbocycles. The molecule has 2 aliphatic carbocycles. The van der Waals surface area contributed by atoms with E-state index in [0.29, 0.717) is 5.76 Å². The molecule has 0 saturated heterocycles. The van der Waals surface area contributed by atoms with Gasteiger partial charge in [-0.25, -0.2) is 0 Å². The molecule has 4 rings (SSSR count). The summed E-state index contributed by atoms with van der Waals surface area (Å²) < 4.78 is 5.59. The van der Waals surface area contributed by atoms with Crippen molar-refractivity contribution in [2.75, 3.05) is 0 Å². The number of rotatable bonds is 0. The van der Waals surface area contributed by atoms with Crippen LogP contribution >= 0.6 is 0 Å². The summed E-state index contributed by atoms with van der Waals surface area (Å²) in [5.41, 5.74) is 2.34. The number of hydrogen-bond acceptors (Lipinski definition) is 3. The standard InChI is InChI=1S/C16H12O3/c17-13-4-1-3-10-11(13)6-8-16-7-2-5-14(18)15(16)19-9-12(10)16/h1-6,8-9,17-18H,7H2. The van der Waals surface area contributed by atoms with Crippen LogP contribution in [-0.2, 0) is 4.74 Å². The SMILES string of the molecule is OC1=C2OC=C3c4cccc(O)c4C=CC32CC=C1. The molecule has 1 unspecified atom stereocenters. The number of aliphatic hydroxyl groups is 1. The van der Waals surface area contributed by atoms with E-state index in [9.17, 15) is 10.2 Å². The summed E-state index contributed by atoms with van der Waals surface area (Å²) in [5, 5.41) is 19.9. The van der Waals surface area contributed by atoms with Crippen molar-refractivity contribution in [3.63, 3.8) is 0 Å². The Morgan fingerprint density at radius 1 is 1.16 bits per heavy atom. The highest BCUT2D eigenvalue weighted by atomic mass is 16.5. The fraction of sp³-hybridized carbons (Fsp3) is 0.125. The van der Waals surface area contributed by atoms with Crippen LogP contribution in [0, 0.1) is 5.41 Å². The average molecular weight is 252 g/mol. The van der Waals surface area contributed by atoms with E-state index in [4.69, 9.17) is 4.74 Å². The second kappa shape index (κ2) is 3.32. The molecule has 0 aromatic heterocycles. The number of benzene rings is 1. The van der Waals surface area contributed by atoms with Gasteiger partial charge in [0.05, 0.1) is 11.7 Å². The van der Waals surface area contributed by atoms with Crippen LogP contribution in [0.25, 0.3) is 11.6 Å². The average Bonchev–Trinajstić information content (AvgIpc) is 2.80. The van der Waals surface area contributed by atoms with E-state index in [1.54, 1.807) is 18.4 Å². The van der Waals surface area contributed by atoms with E-state index in [0.717, 1.165) is 23.1 Å². The Balaban J connectivity index is 1.99. The number of hydrogen-bond donors (Lipinski definition) is 2. The maximum Gasteiger partial charge on any atom is 0.159 e. The molecule has 0 radical (unpaired) electrons. The summed E-state index contributed by atoms with van der Waals surface area (Å²) in [4.78, 5) is 0.